The average Bonchev–Trinajstić information content (AvgIpc) is 3.45. The number of nitrogens with one attached hydrogen (secondary N) is 2. The van der Waals surface area contributed by atoms with E-state index in [1.807, 2.05) is 24.3 Å². The Morgan fingerprint density at radius 1 is 0.962 bits per heavy atom. The second kappa shape index (κ2) is 6.61. The summed E-state index contributed by atoms with van der Waals surface area (Å²) in [4.78, 5) is 12.7. The molecule has 2 N–H and O–H groups in total. The monoisotopic (exact) mass is 368 g/mol. The van der Waals surface area contributed by atoms with Crippen LogP contribution in [0.1, 0.15) is 40.7 Å². The maximum absolute atomic E-state index is 12.9. The topological polar surface area (TPSA) is 75.3 Å². The second-order valence-electron chi connectivity index (χ2n) is 6.71. The molecule has 0 aliphatic heterocycles. The Morgan fingerprint density at radius 2 is 1.69 bits per heavy atom. The molecule has 0 bridgehead atoms. The van der Waals surface area contributed by atoms with Gasteiger partial charge in [0, 0.05) is 6.04 Å². The lowest BCUT2D eigenvalue weighted by Gasteiger charge is -2.18. The van der Waals surface area contributed by atoms with Crippen LogP contribution in [-0.2, 0) is 16.4 Å². The van der Waals surface area contributed by atoms with Crippen LogP contribution in [0.25, 0.3) is 6.08 Å². The minimum atomic E-state index is -3.72. The third-order valence-corrected chi connectivity index (χ3v) is 6.19. The summed E-state index contributed by atoms with van der Waals surface area (Å²) < 4.78 is 28.3. The zero-order valence-electron chi connectivity index (χ0n) is 14.2. The van der Waals surface area contributed by atoms with E-state index in [1.165, 1.54) is 0 Å². The number of hydrogen-bond donors (Lipinski definition) is 2. The van der Waals surface area contributed by atoms with Crippen molar-refractivity contribution in [2.45, 2.75) is 31.7 Å². The number of allylic oxidation sites excluding steroid dienone is 1. The number of carbonyl (C=O) groups excluding carboxylic acids is 1. The van der Waals surface area contributed by atoms with Crippen LogP contribution >= 0.6 is 0 Å². The molecule has 0 spiro atoms. The molecule has 0 saturated heterocycles. The maximum atomic E-state index is 12.9. The normalized spacial score (nSPS) is 16.4. The highest BCUT2D eigenvalue weighted by Gasteiger charge is 2.27. The lowest BCUT2D eigenvalue weighted by atomic mass is 9.98. The SMILES string of the molecule is O=C(NC1CC1)c1ccccc1NS(=O)(=O)C1=Cc2ccccc2CC1. The summed E-state index contributed by atoms with van der Waals surface area (Å²) in [5.74, 6) is -0.242. The number of carbonyl (C=O) groups is 1. The predicted molar refractivity (Wildman–Crippen MR) is 102 cm³/mol. The number of fused-ring (bicyclic) bond motifs is 1. The van der Waals surface area contributed by atoms with Gasteiger partial charge in [0.1, 0.15) is 0 Å². The fraction of sp³-hybridized carbons (Fsp3) is 0.250. The largest absolute Gasteiger partial charge is 0.349 e. The van der Waals surface area contributed by atoms with Crippen molar-refractivity contribution in [3.8, 4) is 0 Å². The van der Waals surface area contributed by atoms with Crippen molar-refractivity contribution in [1.29, 1.82) is 0 Å². The van der Waals surface area contributed by atoms with E-state index in [4.69, 9.17) is 0 Å². The van der Waals surface area contributed by atoms with Crippen LogP contribution in [0.4, 0.5) is 5.69 Å². The fourth-order valence-electron chi connectivity index (χ4n) is 3.09. The molecule has 134 valence electrons. The van der Waals surface area contributed by atoms with Gasteiger partial charge < -0.3 is 5.32 Å². The second-order valence-corrected chi connectivity index (χ2v) is 8.44. The van der Waals surface area contributed by atoms with Gasteiger partial charge in [-0.15, -0.1) is 0 Å². The molecule has 0 heterocycles. The van der Waals surface area contributed by atoms with E-state index in [0.29, 0.717) is 29.0 Å². The highest BCUT2D eigenvalue weighted by atomic mass is 32.2. The van der Waals surface area contributed by atoms with E-state index in [1.54, 1.807) is 30.3 Å². The van der Waals surface area contributed by atoms with Gasteiger partial charge in [0.25, 0.3) is 15.9 Å². The van der Waals surface area contributed by atoms with Gasteiger partial charge in [-0.3, -0.25) is 9.52 Å². The van der Waals surface area contributed by atoms with E-state index >= 15 is 0 Å². The average molecular weight is 368 g/mol. The number of rotatable bonds is 5. The van der Waals surface area contributed by atoms with Crippen LogP contribution < -0.4 is 10.0 Å². The first kappa shape index (κ1) is 16.8. The van der Waals surface area contributed by atoms with Gasteiger partial charge in [0.05, 0.1) is 16.2 Å². The third kappa shape index (κ3) is 3.51. The molecule has 2 aromatic rings. The molecule has 1 saturated carbocycles. The van der Waals surface area contributed by atoms with E-state index < -0.39 is 10.0 Å². The molecule has 2 aliphatic carbocycles. The molecular weight excluding hydrogens is 348 g/mol. The Morgan fingerprint density at radius 3 is 2.50 bits per heavy atom. The Balaban J connectivity index is 1.61. The standard InChI is InChI=1S/C20H20N2O3S/c23-20(21-16-10-11-16)18-7-3-4-8-19(18)22-26(24,25)17-12-9-14-5-1-2-6-15(14)13-17/h1-8,13,16,22H,9-12H2,(H,21,23). The molecule has 0 atom stereocenters. The van der Waals surface area contributed by atoms with Gasteiger partial charge in [-0.05, 0) is 55.0 Å². The fourth-order valence-corrected chi connectivity index (χ4v) is 4.34. The van der Waals surface area contributed by atoms with Crippen LogP contribution in [-0.4, -0.2) is 20.4 Å². The minimum absolute atomic E-state index is 0.213. The Kier molecular flexibility index (Phi) is 4.28. The summed E-state index contributed by atoms with van der Waals surface area (Å²) >= 11 is 0. The molecule has 0 radical (unpaired) electrons. The zero-order chi connectivity index (χ0) is 18.1. The third-order valence-electron chi connectivity index (χ3n) is 4.69. The van der Waals surface area contributed by atoms with E-state index in [0.717, 1.165) is 24.0 Å². The summed E-state index contributed by atoms with van der Waals surface area (Å²) in [7, 11) is -3.72. The highest BCUT2D eigenvalue weighted by molar-refractivity contribution is 7.96. The van der Waals surface area contributed by atoms with Gasteiger partial charge >= 0.3 is 0 Å². The molecular formula is C20H20N2O3S. The zero-order valence-corrected chi connectivity index (χ0v) is 15.1. The highest BCUT2D eigenvalue weighted by Crippen LogP contribution is 2.29. The minimum Gasteiger partial charge on any atom is -0.349 e. The number of hydrogen-bond acceptors (Lipinski definition) is 3. The number of benzene rings is 2. The van der Waals surface area contributed by atoms with Crippen molar-refractivity contribution in [2.24, 2.45) is 0 Å². The first-order chi connectivity index (χ1) is 12.5. The van der Waals surface area contributed by atoms with Crippen LogP contribution in [0.15, 0.2) is 53.4 Å². The summed E-state index contributed by atoms with van der Waals surface area (Å²) in [5, 5.41) is 2.90. The van der Waals surface area contributed by atoms with Gasteiger partial charge in [0.2, 0.25) is 0 Å². The molecule has 0 unspecified atom stereocenters. The number of amides is 1. The van der Waals surface area contributed by atoms with Crippen LogP contribution in [0.5, 0.6) is 0 Å². The molecule has 5 nitrogen and oxygen atoms in total. The quantitative estimate of drug-likeness (QED) is 0.850. The Hall–Kier alpha value is -2.60. The Labute approximate surface area is 153 Å². The van der Waals surface area contributed by atoms with Crippen LogP contribution in [0.3, 0.4) is 0 Å². The first-order valence-corrected chi connectivity index (χ1v) is 10.2. The molecule has 4 rings (SSSR count). The van der Waals surface area contributed by atoms with Crippen molar-refractivity contribution >= 4 is 27.7 Å². The number of sulfonamides is 1. The van der Waals surface area contributed by atoms with Crippen molar-refractivity contribution in [2.75, 3.05) is 4.72 Å². The van der Waals surface area contributed by atoms with Crippen LogP contribution in [0, 0.1) is 0 Å². The van der Waals surface area contributed by atoms with Crippen molar-refractivity contribution in [3.63, 3.8) is 0 Å². The smallest absolute Gasteiger partial charge is 0.258 e. The number of para-hydroxylation sites is 1. The molecule has 0 aromatic heterocycles. The lowest BCUT2D eigenvalue weighted by molar-refractivity contribution is 0.0952. The van der Waals surface area contributed by atoms with Gasteiger partial charge in [-0.2, -0.15) is 0 Å². The molecule has 1 fully saturated rings. The lowest BCUT2D eigenvalue weighted by Crippen LogP contribution is -2.27. The van der Waals surface area contributed by atoms with Crippen molar-refractivity contribution in [1.82, 2.24) is 5.32 Å². The maximum Gasteiger partial charge on any atom is 0.258 e. The summed E-state index contributed by atoms with van der Waals surface area (Å²) in [6.07, 6.45) is 4.81. The molecule has 2 aromatic carbocycles. The van der Waals surface area contributed by atoms with Gasteiger partial charge in [0.15, 0.2) is 0 Å². The van der Waals surface area contributed by atoms with E-state index in [9.17, 15) is 13.2 Å². The predicted octanol–water partition coefficient (Wildman–Crippen LogP) is 3.31. The van der Waals surface area contributed by atoms with Crippen molar-refractivity contribution in [3.05, 3.63) is 70.1 Å². The molecule has 26 heavy (non-hydrogen) atoms. The molecule has 1 amide bonds. The summed E-state index contributed by atoms with van der Waals surface area (Å²) in [5.41, 5.74) is 2.74. The summed E-state index contributed by atoms with van der Waals surface area (Å²) in [6, 6.07) is 14.7. The first-order valence-electron chi connectivity index (χ1n) is 8.74. The van der Waals surface area contributed by atoms with Gasteiger partial charge in [-0.25, -0.2) is 8.42 Å². The summed E-state index contributed by atoms with van der Waals surface area (Å²) in [6.45, 7) is 0. The van der Waals surface area contributed by atoms with E-state index in [-0.39, 0.29) is 11.9 Å². The number of aryl methyl sites for hydroxylation is 1. The number of anilines is 1. The van der Waals surface area contributed by atoms with Crippen molar-refractivity contribution < 1.29 is 13.2 Å². The van der Waals surface area contributed by atoms with E-state index in [2.05, 4.69) is 10.0 Å². The molecule has 2 aliphatic rings. The molecule has 6 heteroatoms. The Bertz CT molecular complexity index is 992. The van der Waals surface area contributed by atoms with Crippen LogP contribution in [0.2, 0.25) is 0 Å². The van der Waals surface area contributed by atoms with Gasteiger partial charge in [-0.1, -0.05) is 36.4 Å².